The molecule has 1 atom stereocenters. The summed E-state index contributed by atoms with van der Waals surface area (Å²) in [6.07, 6.45) is 0.195. The molecule has 0 unspecified atom stereocenters. The quantitative estimate of drug-likeness (QED) is 0.881. The molecule has 1 aromatic heterocycles. The standard InChI is InChI=1S/C16H19FN2O3S/c1-10-9-23-16(21)19(10)7-6-15(20)18-11(2)12-4-5-14(22-3)13(17)8-12/h4-5,8-9,11H,6-7H2,1-3H3,(H,18,20)/t11-/m1/s1. The number of nitrogens with one attached hydrogen (secondary N) is 1. The summed E-state index contributed by atoms with van der Waals surface area (Å²) >= 11 is 1.12. The van der Waals surface area contributed by atoms with Crippen molar-refractivity contribution in [3.63, 3.8) is 0 Å². The van der Waals surface area contributed by atoms with Crippen LogP contribution >= 0.6 is 11.3 Å². The summed E-state index contributed by atoms with van der Waals surface area (Å²) in [6, 6.07) is 4.25. The van der Waals surface area contributed by atoms with E-state index in [0.717, 1.165) is 17.0 Å². The minimum atomic E-state index is -0.466. The Labute approximate surface area is 137 Å². The molecule has 0 saturated carbocycles. The van der Waals surface area contributed by atoms with Crippen LogP contribution in [0.1, 0.15) is 30.6 Å². The summed E-state index contributed by atoms with van der Waals surface area (Å²) in [5, 5.41) is 4.57. The molecule has 23 heavy (non-hydrogen) atoms. The Morgan fingerprint density at radius 2 is 2.22 bits per heavy atom. The molecule has 7 heteroatoms. The Balaban J connectivity index is 1.94. The summed E-state index contributed by atoms with van der Waals surface area (Å²) in [5.74, 6) is -0.489. The first-order chi connectivity index (χ1) is 10.9. The van der Waals surface area contributed by atoms with E-state index >= 15 is 0 Å². The number of hydrogen-bond acceptors (Lipinski definition) is 4. The Hall–Kier alpha value is -2.15. The van der Waals surface area contributed by atoms with Gasteiger partial charge >= 0.3 is 4.87 Å². The van der Waals surface area contributed by atoms with E-state index in [1.165, 1.54) is 19.2 Å². The molecule has 0 fully saturated rings. The first kappa shape index (κ1) is 17.2. The minimum absolute atomic E-state index is 0.0689. The zero-order valence-electron chi connectivity index (χ0n) is 13.3. The van der Waals surface area contributed by atoms with Gasteiger partial charge in [0.25, 0.3) is 0 Å². The number of hydrogen-bond donors (Lipinski definition) is 1. The van der Waals surface area contributed by atoms with E-state index in [-0.39, 0.29) is 29.0 Å². The van der Waals surface area contributed by atoms with Gasteiger partial charge in [0.15, 0.2) is 11.6 Å². The third kappa shape index (κ3) is 4.19. The fourth-order valence-electron chi connectivity index (χ4n) is 2.24. The van der Waals surface area contributed by atoms with Crippen molar-refractivity contribution >= 4 is 17.2 Å². The first-order valence-electron chi connectivity index (χ1n) is 7.20. The minimum Gasteiger partial charge on any atom is -0.494 e. The molecule has 0 aliphatic rings. The van der Waals surface area contributed by atoms with Crippen LogP contribution in [-0.4, -0.2) is 17.6 Å². The molecule has 0 aliphatic heterocycles. The highest BCUT2D eigenvalue weighted by molar-refractivity contribution is 7.07. The highest BCUT2D eigenvalue weighted by Crippen LogP contribution is 2.21. The normalized spacial score (nSPS) is 12.0. The first-order valence-corrected chi connectivity index (χ1v) is 8.08. The van der Waals surface area contributed by atoms with Gasteiger partial charge in [0.05, 0.1) is 13.2 Å². The Bertz CT molecular complexity index is 754. The lowest BCUT2D eigenvalue weighted by molar-refractivity contribution is -0.121. The average molecular weight is 338 g/mol. The molecule has 2 rings (SSSR count). The molecule has 2 aromatic rings. The van der Waals surface area contributed by atoms with Gasteiger partial charge in [-0.1, -0.05) is 17.4 Å². The number of aromatic nitrogens is 1. The number of nitrogens with zero attached hydrogens (tertiary/aromatic N) is 1. The van der Waals surface area contributed by atoms with Crippen LogP contribution in [0.3, 0.4) is 0 Å². The molecule has 0 bridgehead atoms. The third-order valence-electron chi connectivity index (χ3n) is 3.59. The van der Waals surface area contributed by atoms with Gasteiger partial charge in [0.1, 0.15) is 0 Å². The van der Waals surface area contributed by atoms with Gasteiger partial charge in [-0.3, -0.25) is 9.59 Å². The number of benzene rings is 1. The van der Waals surface area contributed by atoms with Gasteiger partial charge < -0.3 is 14.6 Å². The summed E-state index contributed by atoms with van der Waals surface area (Å²) in [7, 11) is 1.40. The van der Waals surface area contributed by atoms with Crippen molar-refractivity contribution in [3.05, 3.63) is 50.3 Å². The number of carbonyl (C=O) groups is 1. The number of ether oxygens (including phenoxy) is 1. The van der Waals surface area contributed by atoms with Gasteiger partial charge in [0, 0.05) is 24.0 Å². The van der Waals surface area contributed by atoms with Gasteiger partial charge in [-0.15, -0.1) is 0 Å². The third-order valence-corrected chi connectivity index (χ3v) is 4.47. The smallest absolute Gasteiger partial charge is 0.307 e. The van der Waals surface area contributed by atoms with E-state index < -0.39 is 5.82 Å². The van der Waals surface area contributed by atoms with Gasteiger partial charge in [-0.05, 0) is 31.5 Å². The number of halogens is 1. The van der Waals surface area contributed by atoms with Crippen molar-refractivity contribution in [2.45, 2.75) is 32.9 Å². The molecule has 0 aliphatic carbocycles. The van der Waals surface area contributed by atoms with Crippen LogP contribution in [0.5, 0.6) is 5.75 Å². The maximum Gasteiger partial charge on any atom is 0.307 e. The molecule has 0 saturated heterocycles. The van der Waals surface area contributed by atoms with Crippen LogP contribution < -0.4 is 14.9 Å². The zero-order chi connectivity index (χ0) is 17.0. The maximum absolute atomic E-state index is 13.7. The van der Waals surface area contributed by atoms with E-state index in [4.69, 9.17) is 4.74 Å². The SMILES string of the molecule is COc1ccc([C@@H](C)NC(=O)CCn2c(C)csc2=O)cc1F. The molecular weight excluding hydrogens is 319 g/mol. The summed E-state index contributed by atoms with van der Waals surface area (Å²) in [4.78, 5) is 23.5. The second kappa shape index (κ2) is 7.41. The average Bonchev–Trinajstić information content (AvgIpc) is 2.83. The Kier molecular flexibility index (Phi) is 5.54. The summed E-state index contributed by atoms with van der Waals surface area (Å²) in [6.45, 7) is 3.95. The fraction of sp³-hybridized carbons (Fsp3) is 0.375. The molecule has 1 amide bonds. The predicted octanol–water partition coefficient (Wildman–Crippen LogP) is 2.63. The molecular formula is C16H19FN2O3S. The van der Waals surface area contributed by atoms with Gasteiger partial charge in [0.2, 0.25) is 5.91 Å². The highest BCUT2D eigenvalue weighted by atomic mass is 32.1. The molecule has 1 aromatic carbocycles. The number of amides is 1. The Morgan fingerprint density at radius 1 is 1.48 bits per heavy atom. The molecule has 5 nitrogen and oxygen atoms in total. The lowest BCUT2D eigenvalue weighted by Gasteiger charge is -2.15. The molecule has 1 N–H and O–H groups in total. The van der Waals surface area contributed by atoms with Crippen LogP contribution in [0.2, 0.25) is 0 Å². The molecule has 124 valence electrons. The van der Waals surface area contributed by atoms with E-state index in [1.54, 1.807) is 22.9 Å². The number of carbonyl (C=O) groups excluding carboxylic acids is 1. The monoisotopic (exact) mass is 338 g/mol. The number of methoxy groups -OCH3 is 1. The lowest BCUT2D eigenvalue weighted by atomic mass is 10.1. The van der Waals surface area contributed by atoms with Gasteiger partial charge in [-0.2, -0.15) is 0 Å². The van der Waals surface area contributed by atoms with E-state index in [2.05, 4.69) is 5.32 Å². The topological polar surface area (TPSA) is 60.3 Å². The number of rotatable bonds is 6. The van der Waals surface area contributed by atoms with Crippen molar-refractivity contribution in [3.8, 4) is 5.75 Å². The fourth-order valence-corrected chi connectivity index (χ4v) is 3.00. The largest absolute Gasteiger partial charge is 0.494 e. The van der Waals surface area contributed by atoms with E-state index in [1.807, 2.05) is 6.92 Å². The van der Waals surface area contributed by atoms with E-state index in [0.29, 0.717) is 12.1 Å². The second-order valence-electron chi connectivity index (χ2n) is 5.23. The summed E-state index contributed by atoms with van der Waals surface area (Å²) in [5.41, 5.74) is 1.50. The molecule has 0 spiro atoms. The van der Waals surface area contributed by atoms with E-state index in [9.17, 15) is 14.0 Å². The zero-order valence-corrected chi connectivity index (χ0v) is 14.1. The van der Waals surface area contributed by atoms with Crippen LogP contribution in [0.4, 0.5) is 4.39 Å². The van der Waals surface area contributed by atoms with Crippen LogP contribution in [-0.2, 0) is 11.3 Å². The number of aryl methyl sites for hydroxylation is 1. The van der Waals surface area contributed by atoms with Crippen molar-refractivity contribution < 1.29 is 13.9 Å². The van der Waals surface area contributed by atoms with Crippen molar-refractivity contribution in [2.24, 2.45) is 0 Å². The van der Waals surface area contributed by atoms with Gasteiger partial charge in [-0.25, -0.2) is 4.39 Å². The maximum atomic E-state index is 13.7. The van der Waals surface area contributed by atoms with Crippen LogP contribution in [0.15, 0.2) is 28.4 Å². The highest BCUT2D eigenvalue weighted by Gasteiger charge is 2.13. The van der Waals surface area contributed by atoms with Crippen molar-refractivity contribution in [1.29, 1.82) is 0 Å². The van der Waals surface area contributed by atoms with Crippen molar-refractivity contribution in [1.82, 2.24) is 9.88 Å². The predicted molar refractivity (Wildman–Crippen MR) is 87.4 cm³/mol. The Morgan fingerprint density at radius 3 is 2.78 bits per heavy atom. The second-order valence-corrected chi connectivity index (χ2v) is 6.05. The van der Waals surface area contributed by atoms with Crippen LogP contribution in [0, 0.1) is 12.7 Å². The van der Waals surface area contributed by atoms with Crippen molar-refractivity contribution in [2.75, 3.05) is 7.11 Å². The van der Waals surface area contributed by atoms with Crippen LogP contribution in [0.25, 0.3) is 0 Å². The molecule has 1 heterocycles. The summed E-state index contributed by atoms with van der Waals surface area (Å²) < 4.78 is 20.1. The molecule has 0 radical (unpaired) electrons. The lowest BCUT2D eigenvalue weighted by Crippen LogP contribution is -2.28. The number of thiazole rings is 1.